The first-order chi connectivity index (χ1) is 6.25. The van der Waals surface area contributed by atoms with Gasteiger partial charge in [-0.3, -0.25) is 9.59 Å². The van der Waals surface area contributed by atoms with Gasteiger partial charge in [-0.15, -0.1) is 0 Å². The fourth-order valence-corrected chi connectivity index (χ4v) is 1.54. The van der Waals surface area contributed by atoms with Crippen LogP contribution in [0.15, 0.2) is 0 Å². The third-order valence-electron chi connectivity index (χ3n) is 2.34. The molecule has 13 heavy (non-hydrogen) atoms. The van der Waals surface area contributed by atoms with E-state index in [0.29, 0.717) is 32.5 Å². The van der Waals surface area contributed by atoms with E-state index < -0.39 is 0 Å². The van der Waals surface area contributed by atoms with Crippen LogP contribution in [0.5, 0.6) is 0 Å². The van der Waals surface area contributed by atoms with Gasteiger partial charge in [0.2, 0.25) is 5.78 Å². The van der Waals surface area contributed by atoms with Gasteiger partial charge >= 0.3 is 0 Å². The molecule has 0 bridgehead atoms. The van der Waals surface area contributed by atoms with Crippen molar-refractivity contribution in [2.24, 2.45) is 5.92 Å². The molecule has 1 aliphatic rings. The van der Waals surface area contributed by atoms with E-state index in [-0.39, 0.29) is 17.5 Å². The summed E-state index contributed by atoms with van der Waals surface area (Å²) in [6, 6.07) is 0. The van der Waals surface area contributed by atoms with Gasteiger partial charge in [0.25, 0.3) is 0 Å². The van der Waals surface area contributed by atoms with Crippen molar-refractivity contribution in [1.82, 2.24) is 0 Å². The van der Waals surface area contributed by atoms with Crippen LogP contribution in [0.2, 0.25) is 0 Å². The molecule has 3 heteroatoms. The summed E-state index contributed by atoms with van der Waals surface area (Å²) in [7, 11) is 0. The van der Waals surface area contributed by atoms with Crippen LogP contribution in [0.1, 0.15) is 32.6 Å². The molecule has 0 aliphatic carbocycles. The zero-order valence-corrected chi connectivity index (χ0v) is 8.04. The molecule has 0 saturated carbocycles. The lowest BCUT2D eigenvalue weighted by atomic mass is 9.92. The molecule has 74 valence electrons. The van der Waals surface area contributed by atoms with Crippen LogP contribution in [0, 0.1) is 5.92 Å². The molecule has 1 fully saturated rings. The molecule has 1 saturated heterocycles. The van der Waals surface area contributed by atoms with Crippen molar-refractivity contribution < 1.29 is 14.3 Å². The van der Waals surface area contributed by atoms with Gasteiger partial charge < -0.3 is 4.74 Å². The van der Waals surface area contributed by atoms with Crippen LogP contribution >= 0.6 is 0 Å². The van der Waals surface area contributed by atoms with Gasteiger partial charge in [0.15, 0.2) is 5.78 Å². The summed E-state index contributed by atoms with van der Waals surface area (Å²) in [4.78, 5) is 22.7. The fourth-order valence-electron chi connectivity index (χ4n) is 1.54. The van der Waals surface area contributed by atoms with Crippen LogP contribution in [-0.2, 0) is 14.3 Å². The molecule has 0 unspecified atom stereocenters. The minimum Gasteiger partial charge on any atom is -0.381 e. The van der Waals surface area contributed by atoms with Gasteiger partial charge in [-0.1, -0.05) is 6.92 Å². The maximum Gasteiger partial charge on any atom is 0.201 e. The summed E-state index contributed by atoms with van der Waals surface area (Å²) >= 11 is 0. The SMILES string of the molecule is CCCC(=O)C(=O)C1CCOCC1. The molecule has 0 atom stereocenters. The molecule has 1 rings (SSSR count). The molecule has 0 aromatic heterocycles. The summed E-state index contributed by atoms with van der Waals surface area (Å²) in [5.74, 6) is -0.438. The van der Waals surface area contributed by atoms with Gasteiger partial charge in [0.05, 0.1) is 0 Å². The van der Waals surface area contributed by atoms with E-state index in [9.17, 15) is 9.59 Å². The van der Waals surface area contributed by atoms with Crippen LogP contribution in [0.3, 0.4) is 0 Å². The highest BCUT2D eigenvalue weighted by Crippen LogP contribution is 2.16. The predicted octanol–water partition coefficient (Wildman–Crippen LogP) is 1.35. The Morgan fingerprint density at radius 1 is 1.31 bits per heavy atom. The third kappa shape index (κ3) is 2.92. The van der Waals surface area contributed by atoms with E-state index in [1.54, 1.807) is 0 Å². The van der Waals surface area contributed by atoms with E-state index in [4.69, 9.17) is 4.74 Å². The van der Waals surface area contributed by atoms with E-state index >= 15 is 0 Å². The summed E-state index contributed by atoms with van der Waals surface area (Å²) in [5.41, 5.74) is 0. The van der Waals surface area contributed by atoms with Crippen LogP contribution in [-0.4, -0.2) is 24.8 Å². The Morgan fingerprint density at radius 2 is 1.92 bits per heavy atom. The smallest absolute Gasteiger partial charge is 0.201 e. The second kappa shape index (κ2) is 5.12. The van der Waals surface area contributed by atoms with Crippen LogP contribution in [0.4, 0.5) is 0 Å². The molecule has 3 nitrogen and oxygen atoms in total. The molecule has 0 radical (unpaired) electrons. The highest BCUT2D eigenvalue weighted by Gasteiger charge is 2.25. The first kappa shape index (κ1) is 10.4. The minimum atomic E-state index is -0.200. The number of hydrogen-bond acceptors (Lipinski definition) is 3. The van der Waals surface area contributed by atoms with Crippen molar-refractivity contribution in [2.75, 3.05) is 13.2 Å². The van der Waals surface area contributed by atoms with Gasteiger partial charge in [0, 0.05) is 25.6 Å². The Bertz CT molecular complexity index is 192. The van der Waals surface area contributed by atoms with Crippen molar-refractivity contribution in [3.63, 3.8) is 0 Å². The molecular formula is C10H16O3. The summed E-state index contributed by atoms with van der Waals surface area (Å²) in [6.45, 7) is 3.15. The Kier molecular flexibility index (Phi) is 4.09. The van der Waals surface area contributed by atoms with E-state index in [0.717, 1.165) is 6.42 Å². The van der Waals surface area contributed by atoms with Gasteiger partial charge in [-0.25, -0.2) is 0 Å². The number of rotatable bonds is 4. The number of Topliss-reactive ketones (excluding diaryl/α,β-unsaturated/α-hetero) is 2. The molecule has 0 amide bonds. The first-order valence-electron chi connectivity index (χ1n) is 4.90. The Balaban J connectivity index is 2.40. The highest BCUT2D eigenvalue weighted by molar-refractivity contribution is 6.37. The minimum absolute atomic E-state index is 0.0622. The van der Waals surface area contributed by atoms with Gasteiger partial charge in [-0.2, -0.15) is 0 Å². The van der Waals surface area contributed by atoms with Gasteiger partial charge in [0.1, 0.15) is 0 Å². The van der Waals surface area contributed by atoms with Crippen LogP contribution in [0.25, 0.3) is 0 Å². The second-order valence-electron chi connectivity index (χ2n) is 3.42. The zero-order valence-electron chi connectivity index (χ0n) is 8.04. The summed E-state index contributed by atoms with van der Waals surface area (Å²) < 4.78 is 5.13. The van der Waals surface area contributed by atoms with E-state index in [1.165, 1.54) is 0 Å². The quantitative estimate of drug-likeness (QED) is 0.619. The molecule has 1 aliphatic heterocycles. The lowest BCUT2D eigenvalue weighted by Crippen LogP contribution is -2.28. The van der Waals surface area contributed by atoms with Crippen LogP contribution < -0.4 is 0 Å². The summed E-state index contributed by atoms with van der Waals surface area (Å²) in [5, 5.41) is 0. The average molecular weight is 184 g/mol. The maximum absolute atomic E-state index is 11.5. The lowest BCUT2D eigenvalue weighted by Gasteiger charge is -2.19. The largest absolute Gasteiger partial charge is 0.381 e. The topological polar surface area (TPSA) is 43.4 Å². The number of hydrogen-bond donors (Lipinski definition) is 0. The second-order valence-corrected chi connectivity index (χ2v) is 3.42. The van der Waals surface area contributed by atoms with Crippen molar-refractivity contribution >= 4 is 11.6 Å². The molecule has 1 heterocycles. The number of carbonyl (C=O) groups is 2. The molecule has 0 N–H and O–H groups in total. The van der Waals surface area contributed by atoms with E-state index in [1.807, 2.05) is 6.92 Å². The lowest BCUT2D eigenvalue weighted by molar-refractivity contribution is -0.140. The number of ether oxygens (including phenoxy) is 1. The predicted molar refractivity (Wildman–Crippen MR) is 48.5 cm³/mol. The molecular weight excluding hydrogens is 168 g/mol. The average Bonchev–Trinajstić information content (AvgIpc) is 2.18. The summed E-state index contributed by atoms with van der Waals surface area (Å²) in [6.07, 6.45) is 2.59. The number of ketones is 2. The van der Waals surface area contributed by atoms with Crippen molar-refractivity contribution in [1.29, 1.82) is 0 Å². The third-order valence-corrected chi connectivity index (χ3v) is 2.34. The zero-order chi connectivity index (χ0) is 9.68. The highest BCUT2D eigenvalue weighted by atomic mass is 16.5. The van der Waals surface area contributed by atoms with E-state index in [2.05, 4.69) is 0 Å². The normalized spacial score (nSPS) is 18.5. The Labute approximate surface area is 78.5 Å². The van der Waals surface area contributed by atoms with Crippen molar-refractivity contribution in [2.45, 2.75) is 32.6 Å². The standard InChI is InChI=1S/C10H16O3/c1-2-3-9(11)10(12)8-4-6-13-7-5-8/h8H,2-7H2,1H3. The maximum atomic E-state index is 11.5. The van der Waals surface area contributed by atoms with Crippen molar-refractivity contribution in [3.8, 4) is 0 Å². The molecule has 0 aromatic carbocycles. The molecule has 0 aromatic rings. The molecule has 0 spiro atoms. The Hall–Kier alpha value is -0.700. The monoisotopic (exact) mass is 184 g/mol. The Morgan fingerprint density at radius 3 is 2.46 bits per heavy atom. The number of carbonyl (C=O) groups excluding carboxylic acids is 2. The fraction of sp³-hybridized carbons (Fsp3) is 0.800. The first-order valence-corrected chi connectivity index (χ1v) is 4.90. The van der Waals surface area contributed by atoms with Crippen molar-refractivity contribution in [3.05, 3.63) is 0 Å². The van der Waals surface area contributed by atoms with Gasteiger partial charge in [-0.05, 0) is 19.3 Å².